The summed E-state index contributed by atoms with van der Waals surface area (Å²) >= 11 is 5.85. The van der Waals surface area contributed by atoms with E-state index in [0.29, 0.717) is 48.8 Å². The number of hydrogen-bond donors (Lipinski definition) is 4. The van der Waals surface area contributed by atoms with Crippen molar-refractivity contribution < 1.29 is 15.0 Å². The Morgan fingerprint density at radius 2 is 1.71 bits per heavy atom. The van der Waals surface area contributed by atoms with Gasteiger partial charge >= 0.3 is 209 Å². The average molecular weight is 544 g/mol. The van der Waals surface area contributed by atoms with Crippen molar-refractivity contribution in [3.8, 4) is 11.4 Å². The number of anilines is 2. The Hall–Kier alpha value is -2.74. The molecule has 0 spiro atoms. The number of aliphatic hydroxyl groups excluding tert-OH is 2. The first-order valence-corrected chi connectivity index (χ1v) is 12.7. The topological polar surface area (TPSA) is 121 Å². The maximum atomic E-state index is 12.2. The Morgan fingerprint density at radius 1 is 1.06 bits per heavy atom. The van der Waals surface area contributed by atoms with Crippen LogP contribution in [0.1, 0.15) is 45.6 Å². The average Bonchev–Trinajstić information content (AvgIpc) is 3.23. The van der Waals surface area contributed by atoms with E-state index in [4.69, 9.17) is 27.3 Å². The van der Waals surface area contributed by atoms with Crippen LogP contribution < -0.4 is 11.1 Å². The van der Waals surface area contributed by atoms with Crippen molar-refractivity contribution in [1.82, 2.24) is 9.97 Å². The molecule has 0 aliphatic carbocycles. The first-order chi connectivity index (χ1) is 16.1. The third kappa shape index (κ3) is 4.87. The van der Waals surface area contributed by atoms with Crippen molar-refractivity contribution in [3.05, 3.63) is 67.5 Å². The van der Waals surface area contributed by atoms with Crippen molar-refractivity contribution in [2.24, 2.45) is 5.73 Å². The minimum absolute atomic E-state index is 0.105. The van der Waals surface area contributed by atoms with E-state index in [1.807, 2.05) is 18.2 Å². The molecule has 0 atom stereocenters. The van der Waals surface area contributed by atoms with Gasteiger partial charge in [0.05, 0.1) is 0 Å². The molecule has 176 valence electrons. The number of halogens is 1. The molecule has 2 aromatic heterocycles. The maximum absolute atomic E-state index is 12.2. The second kappa shape index (κ2) is 9.49. The Kier molecular flexibility index (Phi) is 6.80. The molecule has 2 heterocycles. The summed E-state index contributed by atoms with van der Waals surface area (Å²) < 4.78 is 1.69. The Labute approximate surface area is 208 Å². The number of nitrogens with zero attached hydrogens (tertiary/aromatic N) is 2. The molecule has 0 unspecified atom stereocenters. The summed E-state index contributed by atoms with van der Waals surface area (Å²) in [6.07, 6.45) is 0. The van der Waals surface area contributed by atoms with Gasteiger partial charge in [-0.25, -0.2) is 0 Å². The number of aliphatic hydroxyl groups is 2. The van der Waals surface area contributed by atoms with Gasteiger partial charge in [-0.15, -0.1) is 0 Å². The van der Waals surface area contributed by atoms with Gasteiger partial charge in [0.2, 0.25) is 0 Å². The van der Waals surface area contributed by atoms with Crippen LogP contribution >= 0.6 is 11.6 Å². The number of primary amides is 1. The number of carbonyl (C=O) groups excluding carboxylic acids is 1. The van der Waals surface area contributed by atoms with Gasteiger partial charge in [-0.3, -0.25) is 0 Å². The molecule has 34 heavy (non-hydrogen) atoms. The number of aromatic nitrogens is 2. The Bertz CT molecular complexity index is 1380. The van der Waals surface area contributed by atoms with Crippen molar-refractivity contribution in [1.29, 1.82) is 0 Å². The number of nitrogens with one attached hydrogen (secondary N) is 1. The number of carbonyl (C=O) groups is 1. The van der Waals surface area contributed by atoms with Crippen molar-refractivity contribution in [2.45, 2.75) is 39.4 Å². The van der Waals surface area contributed by atoms with Crippen LogP contribution in [0.3, 0.4) is 0 Å². The van der Waals surface area contributed by atoms with Crippen LogP contribution in [0.25, 0.3) is 22.3 Å². The molecule has 0 fully saturated rings. The van der Waals surface area contributed by atoms with Gasteiger partial charge in [0.1, 0.15) is 0 Å². The van der Waals surface area contributed by atoms with E-state index in [-0.39, 0.29) is 33.1 Å². The van der Waals surface area contributed by atoms with Crippen molar-refractivity contribution >= 4 is 54.4 Å². The van der Waals surface area contributed by atoms with E-state index in [2.05, 4.69) is 26.1 Å². The second-order valence-corrected chi connectivity index (χ2v) is 11.6. The number of benzene rings is 2. The zero-order valence-corrected chi connectivity index (χ0v) is 21.5. The fourth-order valence-corrected chi connectivity index (χ4v) is 5.82. The quantitative estimate of drug-likeness (QED) is 0.271. The van der Waals surface area contributed by atoms with E-state index in [9.17, 15) is 15.0 Å². The molecule has 9 heteroatoms. The van der Waals surface area contributed by atoms with Gasteiger partial charge in [-0.2, -0.15) is 0 Å². The summed E-state index contributed by atoms with van der Waals surface area (Å²) in [7, 11) is 0. The predicted molar refractivity (Wildman–Crippen MR) is 136 cm³/mol. The first kappa shape index (κ1) is 24.4. The molecule has 7 nitrogen and oxygen atoms in total. The molecule has 0 bridgehead atoms. The molecule has 4 aromatic rings. The number of amides is 1. The number of fused-ring (bicyclic) bond motifs is 1. The molecular formula is C25H25ClN4O3Se. The summed E-state index contributed by atoms with van der Waals surface area (Å²) in [5, 5.41) is 24.2. The number of hydrogen-bond acceptors (Lipinski definition) is 6. The minimum atomic E-state index is -0.465. The zero-order valence-electron chi connectivity index (χ0n) is 19.0. The standard InChI is InChI=1S/C25H25ClN4O3Se/c1-25(2,3)20-10-19(21(34-20)22(27)33)29-24-17-8-14(11-31)15(12-32)9-18(17)28-23(30-24)13-4-6-16(26)7-5-13/h4-10,31-32H,11-12H2,1-3H3,(H2,27,33)(H,28,29,30). The van der Waals surface area contributed by atoms with Gasteiger partial charge in [0, 0.05) is 0 Å². The van der Waals surface area contributed by atoms with Gasteiger partial charge in [0.15, 0.2) is 0 Å². The number of rotatable bonds is 6. The van der Waals surface area contributed by atoms with Crippen LogP contribution in [0.2, 0.25) is 5.02 Å². The SMILES string of the molecule is CC(C)(C)c1cc(Nc2nc(-c3ccc(Cl)cc3)nc3cc(CO)c(CO)cc23)c(C(N)=O)[se]1. The summed E-state index contributed by atoms with van der Waals surface area (Å²) in [5.74, 6) is 0.468. The van der Waals surface area contributed by atoms with Crippen LogP contribution in [0, 0.1) is 0 Å². The summed E-state index contributed by atoms with van der Waals surface area (Å²) in [6, 6.07) is 12.7. The van der Waals surface area contributed by atoms with Crippen LogP contribution in [0.5, 0.6) is 0 Å². The van der Waals surface area contributed by atoms with Crippen LogP contribution in [0.4, 0.5) is 11.5 Å². The fourth-order valence-electron chi connectivity index (χ4n) is 3.55. The molecule has 0 aliphatic heterocycles. The third-order valence-electron chi connectivity index (χ3n) is 5.41. The van der Waals surface area contributed by atoms with Gasteiger partial charge < -0.3 is 0 Å². The van der Waals surface area contributed by atoms with E-state index >= 15 is 0 Å². The van der Waals surface area contributed by atoms with Crippen LogP contribution in [-0.4, -0.2) is 40.6 Å². The van der Waals surface area contributed by atoms with E-state index in [1.54, 1.807) is 24.3 Å². The summed E-state index contributed by atoms with van der Waals surface area (Å²) in [6.45, 7) is 5.84. The molecule has 0 radical (unpaired) electrons. The monoisotopic (exact) mass is 544 g/mol. The van der Waals surface area contributed by atoms with Crippen LogP contribution in [-0.2, 0) is 18.6 Å². The molecule has 2 aromatic carbocycles. The Morgan fingerprint density at radius 3 is 2.29 bits per heavy atom. The zero-order chi connectivity index (χ0) is 24.6. The molecule has 0 aliphatic rings. The molecular weight excluding hydrogens is 519 g/mol. The normalized spacial score (nSPS) is 11.7. The molecule has 0 saturated carbocycles. The van der Waals surface area contributed by atoms with Crippen molar-refractivity contribution in [2.75, 3.05) is 5.32 Å². The molecule has 4 rings (SSSR count). The predicted octanol–water partition coefficient (Wildman–Crippen LogP) is 4.13. The van der Waals surface area contributed by atoms with Gasteiger partial charge in [-0.1, -0.05) is 0 Å². The first-order valence-electron chi connectivity index (χ1n) is 10.6. The molecule has 1 amide bonds. The Balaban J connectivity index is 1.94. The van der Waals surface area contributed by atoms with Crippen molar-refractivity contribution in [3.63, 3.8) is 0 Å². The second-order valence-electron chi connectivity index (χ2n) is 8.95. The fraction of sp³-hybridized carbons (Fsp3) is 0.240. The third-order valence-corrected chi connectivity index (χ3v) is 8.97. The summed E-state index contributed by atoms with van der Waals surface area (Å²) in [4.78, 5) is 21.7. The van der Waals surface area contributed by atoms with Crippen LogP contribution in [0.15, 0.2) is 42.5 Å². The van der Waals surface area contributed by atoms with Gasteiger partial charge in [-0.05, 0) is 0 Å². The number of nitrogens with two attached hydrogens (primary N) is 1. The van der Waals surface area contributed by atoms with Gasteiger partial charge in [0.25, 0.3) is 0 Å². The van der Waals surface area contributed by atoms with E-state index in [1.165, 1.54) is 0 Å². The molecule has 5 N–H and O–H groups in total. The molecule has 0 saturated heterocycles. The van der Waals surface area contributed by atoms with E-state index in [0.717, 1.165) is 10.0 Å². The van der Waals surface area contributed by atoms with E-state index < -0.39 is 5.91 Å². The summed E-state index contributed by atoms with van der Waals surface area (Å²) in [5.41, 5.74) is 8.74.